The standard InChI is InChI=1S/C12H15FN3O6P/c1-5-7(3-17)21-12(9(5)22-23(19)20)16-2-6(13)8-10(16)14-4-15-11(8)18/h2,4-5,7,9,12,17,23H,3H2,1H3,(H,19,20)(H,14,15,18)/t5-,7-,9-,12-/m1/s1. The lowest BCUT2D eigenvalue weighted by Crippen LogP contribution is -2.26. The van der Waals surface area contributed by atoms with Crippen LogP contribution in [0, 0.1) is 11.7 Å². The number of nitrogens with zero attached hydrogens (tertiary/aromatic N) is 2. The molecule has 3 heterocycles. The Morgan fingerprint density at radius 2 is 2.35 bits per heavy atom. The van der Waals surface area contributed by atoms with Crippen LogP contribution in [0.15, 0.2) is 17.3 Å². The lowest BCUT2D eigenvalue weighted by molar-refractivity contribution is -0.0450. The molecule has 1 fully saturated rings. The van der Waals surface area contributed by atoms with Gasteiger partial charge >= 0.3 is 8.25 Å². The van der Waals surface area contributed by atoms with Crippen molar-refractivity contribution in [2.75, 3.05) is 6.61 Å². The summed E-state index contributed by atoms with van der Waals surface area (Å²) in [4.78, 5) is 27.0. The maximum Gasteiger partial charge on any atom is 0.317 e. The van der Waals surface area contributed by atoms with Gasteiger partial charge in [0, 0.05) is 12.1 Å². The zero-order valence-electron chi connectivity index (χ0n) is 12.0. The van der Waals surface area contributed by atoms with E-state index < -0.39 is 44.0 Å². The van der Waals surface area contributed by atoms with Gasteiger partial charge in [-0.05, 0) is 0 Å². The van der Waals surface area contributed by atoms with Crippen LogP contribution in [-0.4, -0.2) is 43.3 Å². The number of aliphatic hydroxyl groups excluding tert-OH is 1. The number of nitrogens with one attached hydrogen (secondary N) is 1. The van der Waals surface area contributed by atoms with E-state index >= 15 is 0 Å². The maximum absolute atomic E-state index is 14.1. The zero-order chi connectivity index (χ0) is 16.7. The van der Waals surface area contributed by atoms with Crippen molar-refractivity contribution in [3.8, 4) is 0 Å². The minimum absolute atomic E-state index is 0.0215. The molecule has 2 aromatic rings. The highest BCUT2D eigenvalue weighted by Crippen LogP contribution is 2.41. The SMILES string of the molecule is C[C@H]1[C@@H](O[PH](=O)O)[C@H](n2cc(F)c3c(=O)[nH]cnc32)O[C@@H]1CO. The third kappa shape index (κ3) is 2.73. The van der Waals surface area contributed by atoms with Gasteiger partial charge in [0.15, 0.2) is 17.7 Å². The smallest absolute Gasteiger partial charge is 0.317 e. The van der Waals surface area contributed by atoms with E-state index in [9.17, 15) is 18.9 Å². The molecule has 1 aliphatic heterocycles. The predicted octanol–water partition coefficient (Wildman–Crippen LogP) is 0.157. The molecule has 1 unspecified atom stereocenters. The number of rotatable bonds is 4. The normalized spacial score (nSPS) is 29.2. The molecule has 3 N–H and O–H groups in total. The molecule has 0 radical (unpaired) electrons. The van der Waals surface area contributed by atoms with Crippen molar-refractivity contribution < 1.29 is 28.2 Å². The van der Waals surface area contributed by atoms with E-state index in [1.54, 1.807) is 6.92 Å². The van der Waals surface area contributed by atoms with Gasteiger partial charge in [0.05, 0.1) is 19.0 Å². The molecular weight excluding hydrogens is 332 g/mol. The van der Waals surface area contributed by atoms with E-state index in [4.69, 9.17) is 14.2 Å². The van der Waals surface area contributed by atoms with Crippen molar-refractivity contribution in [2.45, 2.75) is 25.4 Å². The van der Waals surface area contributed by atoms with Crippen molar-refractivity contribution in [1.29, 1.82) is 0 Å². The van der Waals surface area contributed by atoms with Crippen molar-refractivity contribution in [2.24, 2.45) is 5.92 Å². The van der Waals surface area contributed by atoms with Gasteiger partial charge < -0.3 is 28.8 Å². The van der Waals surface area contributed by atoms with E-state index in [0.717, 1.165) is 12.5 Å². The molecule has 0 aromatic carbocycles. The third-order valence-corrected chi connectivity index (χ3v) is 4.43. The van der Waals surface area contributed by atoms with Gasteiger partial charge in [0.1, 0.15) is 11.5 Å². The minimum atomic E-state index is -3.28. The van der Waals surface area contributed by atoms with Crippen LogP contribution < -0.4 is 5.56 Å². The van der Waals surface area contributed by atoms with E-state index in [1.165, 1.54) is 4.57 Å². The summed E-state index contributed by atoms with van der Waals surface area (Å²) < 4.78 is 37.0. The Labute approximate surface area is 129 Å². The Balaban J connectivity index is 2.10. The molecule has 0 aliphatic carbocycles. The molecular formula is C12H15FN3O6P. The third-order valence-electron chi connectivity index (χ3n) is 3.96. The Kier molecular flexibility index (Phi) is 4.35. The molecule has 0 saturated carbocycles. The molecule has 1 saturated heterocycles. The molecule has 23 heavy (non-hydrogen) atoms. The minimum Gasteiger partial charge on any atom is -0.394 e. The number of ether oxygens (including phenoxy) is 1. The fraction of sp³-hybridized carbons (Fsp3) is 0.500. The van der Waals surface area contributed by atoms with Gasteiger partial charge in [-0.1, -0.05) is 6.92 Å². The second-order valence-corrected chi connectivity index (χ2v) is 6.04. The Bertz CT molecular complexity index is 808. The fourth-order valence-corrected chi connectivity index (χ4v) is 3.37. The molecule has 126 valence electrons. The number of hydrogen-bond donors (Lipinski definition) is 3. The van der Waals surface area contributed by atoms with Crippen LogP contribution in [0.2, 0.25) is 0 Å². The summed E-state index contributed by atoms with van der Waals surface area (Å²) in [7, 11) is -3.28. The van der Waals surface area contributed by atoms with Gasteiger partial charge in [-0.2, -0.15) is 0 Å². The van der Waals surface area contributed by atoms with Crippen LogP contribution >= 0.6 is 8.25 Å². The molecule has 0 bridgehead atoms. The average Bonchev–Trinajstić information content (AvgIpc) is 2.98. The Morgan fingerprint density at radius 1 is 1.61 bits per heavy atom. The van der Waals surface area contributed by atoms with Crippen LogP contribution in [0.3, 0.4) is 0 Å². The number of fused-ring (bicyclic) bond motifs is 1. The summed E-state index contributed by atoms with van der Waals surface area (Å²) in [5.74, 6) is -1.22. The van der Waals surface area contributed by atoms with Gasteiger partial charge in [0.25, 0.3) is 5.56 Å². The molecule has 3 rings (SSSR count). The van der Waals surface area contributed by atoms with Gasteiger partial charge in [0.2, 0.25) is 0 Å². The summed E-state index contributed by atoms with van der Waals surface area (Å²) in [6, 6.07) is 0. The first kappa shape index (κ1) is 16.3. The first-order valence-corrected chi connectivity index (χ1v) is 8.10. The highest BCUT2D eigenvalue weighted by molar-refractivity contribution is 7.32. The van der Waals surface area contributed by atoms with Crippen molar-refractivity contribution in [3.05, 3.63) is 28.7 Å². The highest BCUT2D eigenvalue weighted by Gasteiger charge is 2.45. The molecule has 2 aromatic heterocycles. The summed E-state index contributed by atoms with van der Waals surface area (Å²) in [6.07, 6.45) is -0.416. The Hall–Kier alpha value is -1.58. The number of aromatic amines is 1. The zero-order valence-corrected chi connectivity index (χ0v) is 13.0. The molecule has 9 nitrogen and oxygen atoms in total. The average molecular weight is 347 g/mol. The van der Waals surface area contributed by atoms with E-state index in [-0.39, 0.29) is 17.6 Å². The first-order valence-electron chi connectivity index (χ1n) is 6.83. The predicted molar refractivity (Wildman–Crippen MR) is 76.6 cm³/mol. The van der Waals surface area contributed by atoms with Crippen LogP contribution in [-0.2, 0) is 13.8 Å². The molecule has 0 spiro atoms. The molecule has 5 atom stereocenters. The van der Waals surface area contributed by atoms with Crippen LogP contribution in [0.5, 0.6) is 0 Å². The quantitative estimate of drug-likeness (QED) is 0.672. The van der Waals surface area contributed by atoms with Gasteiger partial charge in [-0.3, -0.25) is 9.36 Å². The van der Waals surface area contributed by atoms with Gasteiger partial charge in [-0.15, -0.1) is 0 Å². The van der Waals surface area contributed by atoms with Crippen molar-refractivity contribution in [1.82, 2.24) is 14.5 Å². The lowest BCUT2D eigenvalue weighted by Gasteiger charge is -2.21. The topological polar surface area (TPSA) is 127 Å². The van der Waals surface area contributed by atoms with Crippen LogP contribution in [0.4, 0.5) is 4.39 Å². The van der Waals surface area contributed by atoms with Crippen molar-refractivity contribution in [3.63, 3.8) is 0 Å². The monoisotopic (exact) mass is 347 g/mol. The van der Waals surface area contributed by atoms with Crippen LogP contribution in [0.25, 0.3) is 11.0 Å². The number of halogens is 1. The Morgan fingerprint density at radius 3 is 3.00 bits per heavy atom. The number of aromatic nitrogens is 3. The van der Waals surface area contributed by atoms with Gasteiger partial charge in [-0.25, -0.2) is 9.37 Å². The van der Waals surface area contributed by atoms with Crippen LogP contribution in [0.1, 0.15) is 13.2 Å². The van der Waals surface area contributed by atoms with E-state index in [0.29, 0.717) is 0 Å². The fourth-order valence-electron chi connectivity index (χ4n) is 2.81. The van der Waals surface area contributed by atoms with E-state index in [2.05, 4.69) is 9.97 Å². The summed E-state index contributed by atoms with van der Waals surface area (Å²) in [6.45, 7) is 1.35. The maximum atomic E-state index is 14.1. The summed E-state index contributed by atoms with van der Waals surface area (Å²) in [5.41, 5.74) is -0.627. The van der Waals surface area contributed by atoms with E-state index in [1.807, 2.05) is 0 Å². The number of hydrogen-bond acceptors (Lipinski definition) is 6. The lowest BCUT2D eigenvalue weighted by atomic mass is 10.0. The molecule has 1 aliphatic rings. The number of aliphatic hydroxyl groups is 1. The second-order valence-electron chi connectivity index (χ2n) is 5.27. The molecule has 0 amide bonds. The number of H-pyrrole nitrogens is 1. The summed E-state index contributed by atoms with van der Waals surface area (Å²) in [5, 5.41) is 9.10. The summed E-state index contributed by atoms with van der Waals surface area (Å²) >= 11 is 0. The largest absolute Gasteiger partial charge is 0.394 e. The molecule has 11 heteroatoms. The first-order chi connectivity index (χ1) is 10.9. The van der Waals surface area contributed by atoms with Crippen molar-refractivity contribution >= 4 is 19.3 Å². The highest BCUT2D eigenvalue weighted by atomic mass is 31.1. The second kappa shape index (κ2) is 6.14.